The van der Waals surface area contributed by atoms with Crippen LogP contribution in [0.1, 0.15) is 56.2 Å². The topological polar surface area (TPSA) is 49.3 Å². The molecule has 0 bridgehead atoms. The number of hydrogen-bond acceptors (Lipinski definition) is 2. The molecule has 0 radical (unpaired) electrons. The first kappa shape index (κ1) is 13.6. The van der Waals surface area contributed by atoms with Crippen LogP contribution in [0, 0.1) is 5.41 Å². The zero-order chi connectivity index (χ0) is 14.2. The second-order valence-electron chi connectivity index (χ2n) is 6.54. The first-order valence-corrected chi connectivity index (χ1v) is 7.67. The Morgan fingerprint density at radius 1 is 1.25 bits per heavy atom. The lowest BCUT2D eigenvalue weighted by atomic mass is 9.75. The van der Waals surface area contributed by atoms with Crippen molar-refractivity contribution in [3.63, 3.8) is 0 Å². The van der Waals surface area contributed by atoms with E-state index in [0.29, 0.717) is 6.42 Å². The summed E-state index contributed by atoms with van der Waals surface area (Å²) in [6.45, 7) is 2.06. The zero-order valence-electron chi connectivity index (χ0n) is 12.1. The first-order chi connectivity index (χ1) is 9.60. The van der Waals surface area contributed by atoms with Crippen LogP contribution in [0.15, 0.2) is 24.3 Å². The summed E-state index contributed by atoms with van der Waals surface area (Å²) in [5.41, 5.74) is 1.97. The third-order valence-electron chi connectivity index (χ3n) is 5.00. The number of nitrogens with one attached hydrogen (secondary N) is 1. The van der Waals surface area contributed by atoms with E-state index in [2.05, 4.69) is 12.2 Å². The molecule has 0 heterocycles. The Morgan fingerprint density at radius 3 is 2.70 bits per heavy atom. The number of carbonyl (C=O) groups excluding carboxylic acids is 1. The number of amides is 1. The number of aliphatic hydroxyl groups excluding tert-OH is 1. The number of carbonyl (C=O) groups is 1. The van der Waals surface area contributed by atoms with Gasteiger partial charge in [-0.2, -0.15) is 0 Å². The van der Waals surface area contributed by atoms with Gasteiger partial charge in [-0.05, 0) is 24.0 Å². The van der Waals surface area contributed by atoms with Crippen LogP contribution in [-0.2, 0) is 11.2 Å². The van der Waals surface area contributed by atoms with Crippen molar-refractivity contribution in [1.82, 2.24) is 5.32 Å². The number of rotatable bonds is 2. The zero-order valence-corrected chi connectivity index (χ0v) is 12.1. The molecule has 0 spiro atoms. The van der Waals surface area contributed by atoms with Crippen LogP contribution in [0.3, 0.4) is 0 Å². The van der Waals surface area contributed by atoms with Crippen molar-refractivity contribution in [1.29, 1.82) is 0 Å². The summed E-state index contributed by atoms with van der Waals surface area (Å²) in [5.74, 6) is 0.109. The van der Waals surface area contributed by atoms with Gasteiger partial charge < -0.3 is 10.4 Å². The second-order valence-corrected chi connectivity index (χ2v) is 6.54. The molecule has 1 amide bonds. The lowest BCUT2D eigenvalue weighted by Gasteiger charge is -2.33. The molecule has 3 heteroatoms. The minimum atomic E-state index is -0.497. The van der Waals surface area contributed by atoms with Crippen molar-refractivity contribution in [3.8, 4) is 0 Å². The maximum atomic E-state index is 12.6. The molecule has 1 aromatic rings. The maximum Gasteiger partial charge on any atom is 0.226 e. The summed E-state index contributed by atoms with van der Waals surface area (Å²) >= 11 is 0. The molecule has 1 aromatic carbocycles. The van der Waals surface area contributed by atoms with Crippen molar-refractivity contribution in [2.45, 2.75) is 57.6 Å². The number of aliphatic hydroxyl groups is 1. The van der Waals surface area contributed by atoms with Crippen LogP contribution in [0.5, 0.6) is 0 Å². The van der Waals surface area contributed by atoms with Gasteiger partial charge in [-0.1, -0.05) is 50.5 Å². The summed E-state index contributed by atoms with van der Waals surface area (Å²) in [6.07, 6.45) is 5.56. The predicted octanol–water partition coefficient (Wildman–Crippen LogP) is 2.73. The molecule has 20 heavy (non-hydrogen) atoms. The SMILES string of the molecule is CC1(C(=O)N[C@@H]2c3ccccc3C[C@@H]2O)CCCCC1. The van der Waals surface area contributed by atoms with Gasteiger partial charge >= 0.3 is 0 Å². The Hall–Kier alpha value is -1.35. The van der Waals surface area contributed by atoms with Crippen molar-refractivity contribution in [2.24, 2.45) is 5.41 Å². The largest absolute Gasteiger partial charge is 0.390 e. The van der Waals surface area contributed by atoms with Gasteiger partial charge in [0.05, 0.1) is 12.1 Å². The van der Waals surface area contributed by atoms with Gasteiger partial charge in [0, 0.05) is 11.8 Å². The van der Waals surface area contributed by atoms with E-state index in [1.165, 1.54) is 6.42 Å². The summed E-state index contributed by atoms with van der Waals surface area (Å²) in [7, 11) is 0. The van der Waals surface area contributed by atoms with E-state index in [4.69, 9.17) is 0 Å². The lowest BCUT2D eigenvalue weighted by molar-refractivity contribution is -0.133. The molecule has 2 aliphatic carbocycles. The fraction of sp³-hybridized carbons (Fsp3) is 0.588. The molecular weight excluding hydrogens is 250 g/mol. The fourth-order valence-electron chi connectivity index (χ4n) is 3.62. The molecule has 0 aliphatic heterocycles. The fourth-order valence-corrected chi connectivity index (χ4v) is 3.62. The van der Waals surface area contributed by atoms with Gasteiger partial charge in [0.1, 0.15) is 0 Å². The lowest BCUT2D eigenvalue weighted by Crippen LogP contribution is -2.44. The Bertz CT molecular complexity index is 505. The molecule has 1 saturated carbocycles. The van der Waals surface area contributed by atoms with Gasteiger partial charge in [0.15, 0.2) is 0 Å². The monoisotopic (exact) mass is 273 g/mol. The predicted molar refractivity (Wildman–Crippen MR) is 78.2 cm³/mol. The van der Waals surface area contributed by atoms with Crippen molar-refractivity contribution in [2.75, 3.05) is 0 Å². The van der Waals surface area contributed by atoms with Crippen molar-refractivity contribution < 1.29 is 9.90 Å². The van der Waals surface area contributed by atoms with E-state index in [9.17, 15) is 9.90 Å². The average molecular weight is 273 g/mol. The van der Waals surface area contributed by atoms with Crippen LogP contribution in [0.25, 0.3) is 0 Å². The molecule has 2 aliphatic rings. The Labute approximate surface area is 120 Å². The van der Waals surface area contributed by atoms with Crippen LogP contribution in [-0.4, -0.2) is 17.1 Å². The highest BCUT2D eigenvalue weighted by molar-refractivity contribution is 5.83. The molecule has 2 atom stereocenters. The smallest absolute Gasteiger partial charge is 0.226 e. The van der Waals surface area contributed by atoms with Gasteiger partial charge in [0.25, 0.3) is 0 Å². The molecule has 0 aromatic heterocycles. The van der Waals surface area contributed by atoms with Gasteiger partial charge in [-0.15, -0.1) is 0 Å². The van der Waals surface area contributed by atoms with Crippen LogP contribution < -0.4 is 5.32 Å². The quantitative estimate of drug-likeness (QED) is 0.870. The third-order valence-corrected chi connectivity index (χ3v) is 5.00. The molecule has 2 N–H and O–H groups in total. The van der Waals surface area contributed by atoms with Gasteiger partial charge in [-0.3, -0.25) is 4.79 Å². The molecule has 0 unspecified atom stereocenters. The van der Waals surface area contributed by atoms with Gasteiger partial charge in [0.2, 0.25) is 5.91 Å². The Balaban J connectivity index is 1.76. The van der Waals surface area contributed by atoms with Crippen molar-refractivity contribution >= 4 is 5.91 Å². The third kappa shape index (κ3) is 2.35. The average Bonchev–Trinajstić information content (AvgIpc) is 2.76. The summed E-state index contributed by atoms with van der Waals surface area (Å²) in [4.78, 5) is 12.6. The maximum absolute atomic E-state index is 12.6. The van der Waals surface area contributed by atoms with Crippen LogP contribution >= 0.6 is 0 Å². The molecule has 3 rings (SSSR count). The Morgan fingerprint density at radius 2 is 1.95 bits per heavy atom. The highest BCUT2D eigenvalue weighted by Crippen LogP contribution is 2.38. The molecular formula is C17H23NO2. The van der Waals surface area contributed by atoms with Gasteiger partial charge in [-0.25, -0.2) is 0 Å². The highest BCUT2D eigenvalue weighted by atomic mass is 16.3. The Kier molecular flexibility index (Phi) is 3.55. The molecule has 108 valence electrons. The van der Waals surface area contributed by atoms with Crippen LogP contribution in [0.2, 0.25) is 0 Å². The van der Waals surface area contributed by atoms with E-state index in [-0.39, 0.29) is 17.4 Å². The van der Waals surface area contributed by atoms with E-state index in [0.717, 1.165) is 36.8 Å². The number of hydrogen-bond donors (Lipinski definition) is 2. The highest BCUT2D eigenvalue weighted by Gasteiger charge is 2.39. The normalized spacial score (nSPS) is 27.9. The van der Waals surface area contributed by atoms with Crippen LogP contribution in [0.4, 0.5) is 0 Å². The number of fused-ring (bicyclic) bond motifs is 1. The second kappa shape index (κ2) is 5.21. The molecule has 1 fully saturated rings. The summed E-state index contributed by atoms with van der Waals surface area (Å²) < 4.78 is 0. The number of benzene rings is 1. The molecule has 3 nitrogen and oxygen atoms in total. The minimum absolute atomic E-state index is 0.109. The minimum Gasteiger partial charge on any atom is -0.390 e. The molecule has 0 saturated heterocycles. The standard InChI is InChI=1S/C17H23NO2/c1-17(9-5-2-6-10-17)16(20)18-15-13-8-4-3-7-12(13)11-14(15)19/h3-4,7-8,14-15,19H,2,5-6,9-11H2,1H3,(H,18,20)/t14-,15+/m0/s1. The summed E-state index contributed by atoms with van der Waals surface area (Å²) in [6, 6.07) is 7.76. The van der Waals surface area contributed by atoms with E-state index < -0.39 is 6.10 Å². The summed E-state index contributed by atoms with van der Waals surface area (Å²) in [5, 5.41) is 13.3. The van der Waals surface area contributed by atoms with E-state index >= 15 is 0 Å². The van der Waals surface area contributed by atoms with E-state index in [1.807, 2.05) is 24.3 Å². The first-order valence-electron chi connectivity index (χ1n) is 7.67. The van der Waals surface area contributed by atoms with E-state index in [1.54, 1.807) is 0 Å². The van der Waals surface area contributed by atoms with Crippen molar-refractivity contribution in [3.05, 3.63) is 35.4 Å².